The second kappa shape index (κ2) is 69.4. The molecule has 634 valence electrons. The summed E-state index contributed by atoms with van der Waals surface area (Å²) in [6.07, 6.45) is 24.2. The maximum atomic E-state index is 13.3. The Balaban J connectivity index is -0.000000682. The van der Waals surface area contributed by atoms with Gasteiger partial charge in [0.25, 0.3) is 0 Å². The minimum absolute atomic E-state index is 0.0176. The highest BCUT2D eigenvalue weighted by Crippen LogP contribution is 2.23. The minimum atomic E-state index is -0.234. The molecule has 6 atom stereocenters. The van der Waals surface area contributed by atoms with Crippen LogP contribution in [0.25, 0.3) is 0 Å². The first-order valence-electron chi connectivity index (χ1n) is 43.8. The molecule has 0 rings (SSSR count). The summed E-state index contributed by atoms with van der Waals surface area (Å²) in [4.78, 5) is 100. The van der Waals surface area contributed by atoms with Crippen molar-refractivity contribution < 1.29 is 38.4 Å². The first-order chi connectivity index (χ1) is 50.0. The van der Waals surface area contributed by atoms with Crippen LogP contribution >= 0.6 is 0 Å². The molecular weight excluding hydrogens is 1340 g/mol. The van der Waals surface area contributed by atoms with E-state index in [-0.39, 0.29) is 112 Å². The number of nitrogens with one attached hydrogen (secondary N) is 10. The molecule has 0 aliphatic heterocycles. The number of carbonyl (C=O) groups is 8. The van der Waals surface area contributed by atoms with Crippen molar-refractivity contribution in [3.05, 3.63) is 0 Å². The summed E-state index contributed by atoms with van der Waals surface area (Å²) < 4.78 is 0. The normalized spacial score (nSPS) is 13.6. The van der Waals surface area contributed by atoms with Crippen molar-refractivity contribution in [3.8, 4) is 0 Å². The average molecular weight is 1520 g/mol. The maximum Gasteiger partial charge on any atom is 0.219 e. The predicted octanol–water partition coefficient (Wildman–Crippen LogP) is 16.8. The summed E-state index contributed by atoms with van der Waals surface area (Å²) in [7, 11) is 0. The van der Waals surface area contributed by atoms with Crippen LogP contribution in [0.15, 0.2) is 0 Å². The van der Waals surface area contributed by atoms with Crippen LogP contribution < -0.4 is 53.2 Å². The molecule has 107 heavy (non-hydrogen) atoms. The first kappa shape index (κ1) is 110. The van der Waals surface area contributed by atoms with Gasteiger partial charge in [-0.2, -0.15) is 0 Å². The zero-order chi connectivity index (χ0) is 82.6. The van der Waals surface area contributed by atoms with Gasteiger partial charge in [0.15, 0.2) is 11.6 Å². The fourth-order valence-corrected chi connectivity index (χ4v) is 12.7. The van der Waals surface area contributed by atoms with Gasteiger partial charge in [0.05, 0.1) is 24.2 Å². The fourth-order valence-electron chi connectivity index (χ4n) is 12.7. The summed E-state index contributed by atoms with van der Waals surface area (Å²) in [5, 5.41) is 33.3. The number of rotatable bonds is 65. The van der Waals surface area contributed by atoms with Gasteiger partial charge >= 0.3 is 0 Å². The Morgan fingerprint density at radius 3 is 0.720 bits per heavy atom. The van der Waals surface area contributed by atoms with E-state index < -0.39 is 0 Å². The molecule has 5 unspecified atom stereocenters. The van der Waals surface area contributed by atoms with E-state index in [0.29, 0.717) is 92.6 Å². The first-order valence-corrected chi connectivity index (χ1v) is 43.8. The lowest BCUT2D eigenvalue weighted by Gasteiger charge is -2.24. The van der Waals surface area contributed by atoms with Crippen molar-refractivity contribution in [2.45, 2.75) is 440 Å². The number of unbranched alkanes of at least 4 members (excludes halogenated alkanes) is 7. The lowest BCUT2D eigenvalue weighted by atomic mass is 9.85. The number of hydrogen-bond acceptors (Lipinski definition) is 16. The van der Waals surface area contributed by atoms with Crippen LogP contribution in [0.1, 0.15) is 367 Å². The number of amides is 2. The quantitative estimate of drug-likeness (QED) is 0.0254. The van der Waals surface area contributed by atoms with Crippen molar-refractivity contribution >= 4 is 46.5 Å². The smallest absolute Gasteiger partial charge is 0.219 e. The molecular formula is C89H180N10O8. The number of Topliss-reactive ketones (excluding diaryl/α,β-unsaturated/α-hetero) is 6. The van der Waals surface area contributed by atoms with E-state index in [2.05, 4.69) is 192 Å². The minimum Gasteiger partial charge on any atom is -0.356 e. The highest BCUT2D eigenvalue weighted by Gasteiger charge is 2.30. The third-order valence-electron chi connectivity index (χ3n) is 18.7. The number of ketones is 6. The molecule has 0 heterocycles. The van der Waals surface area contributed by atoms with Gasteiger partial charge in [-0.3, -0.25) is 38.4 Å². The molecule has 0 aromatic carbocycles. The zero-order valence-corrected chi connectivity index (χ0v) is 75.1. The molecule has 2 amide bonds. The largest absolute Gasteiger partial charge is 0.356 e. The zero-order valence-electron chi connectivity index (χ0n) is 75.1. The Kier molecular flexibility index (Phi) is 71.3. The van der Waals surface area contributed by atoms with E-state index in [1.54, 1.807) is 0 Å². The summed E-state index contributed by atoms with van der Waals surface area (Å²) >= 11 is 0. The Morgan fingerprint density at radius 1 is 0.224 bits per heavy atom. The maximum absolute atomic E-state index is 13.3. The van der Waals surface area contributed by atoms with E-state index in [1.165, 1.54) is 12.8 Å². The topological polar surface area (TPSA) is 257 Å². The van der Waals surface area contributed by atoms with Gasteiger partial charge in [-0.25, -0.2) is 0 Å². The Hall–Kier alpha value is -3.36. The third kappa shape index (κ3) is 70.3. The lowest BCUT2D eigenvalue weighted by molar-refractivity contribution is -0.131. The third-order valence-corrected chi connectivity index (χ3v) is 18.7. The molecule has 0 aliphatic carbocycles. The van der Waals surface area contributed by atoms with Crippen molar-refractivity contribution in [2.24, 2.45) is 47.3 Å². The summed E-state index contributed by atoms with van der Waals surface area (Å²) in [5.41, 5.74) is 0. The van der Waals surface area contributed by atoms with E-state index in [4.69, 9.17) is 0 Å². The van der Waals surface area contributed by atoms with E-state index >= 15 is 0 Å². The molecule has 18 nitrogen and oxygen atoms in total. The summed E-state index contributed by atoms with van der Waals surface area (Å²) in [6, 6.07) is 2.67. The highest BCUT2D eigenvalue weighted by atomic mass is 16.2. The standard InChI is InChI=1S/C30H59N3O3.C25H51N3O2.C20H40N2O2.C14H30N2O/c1-22(2)15-9-10-18-29(35)32-20-14-12-17-27(33-25(7)8)28(34)21-26(30(36)23(3)4)16-11-13-19-31-24(5)6;1-18(2)25(30)22(13-9-11-15-26-19(3)4)17-24(29)23(28-21(7)8)14-10-12-16-27-20(5)6;1-15(2)11-7-8-13-19(23)21-14-10-9-12-18(22-17(5)6)20(24)16(3)4;1-10(2)14(17)13(16-12(5)6)8-7-9-15-11(3)4/h22-27,31,33H,9-21H2,1-8H3,(H,32,35);18-23,26-28H,9-17H2,1-8H3;15-18,22H,7-14H2,1-6H3,(H,21,23);10-13,15-16H,7-9H2,1-6H3/t;;;13-/m...0/s1. The second-order valence-corrected chi connectivity index (χ2v) is 35.5. The number of hydrogen-bond donors (Lipinski definition) is 10. The van der Waals surface area contributed by atoms with Gasteiger partial charge in [0, 0.05) is 123 Å². The van der Waals surface area contributed by atoms with Crippen LogP contribution in [-0.2, 0) is 38.4 Å². The van der Waals surface area contributed by atoms with Gasteiger partial charge in [-0.05, 0) is 141 Å². The van der Waals surface area contributed by atoms with Crippen LogP contribution in [-0.4, -0.2) is 158 Å². The van der Waals surface area contributed by atoms with Crippen LogP contribution in [0.3, 0.4) is 0 Å². The van der Waals surface area contributed by atoms with Crippen molar-refractivity contribution in [3.63, 3.8) is 0 Å². The number of carbonyl (C=O) groups excluding carboxylic acids is 8. The van der Waals surface area contributed by atoms with E-state index in [9.17, 15) is 38.4 Å². The van der Waals surface area contributed by atoms with Crippen LogP contribution in [0, 0.1) is 47.3 Å². The molecule has 0 radical (unpaired) electrons. The van der Waals surface area contributed by atoms with Gasteiger partial charge in [-0.15, -0.1) is 0 Å². The molecule has 0 aromatic rings. The monoisotopic (exact) mass is 1520 g/mol. The molecule has 0 aliphatic rings. The van der Waals surface area contributed by atoms with Crippen LogP contribution in [0.4, 0.5) is 0 Å². The van der Waals surface area contributed by atoms with Gasteiger partial charge in [0.2, 0.25) is 11.8 Å². The van der Waals surface area contributed by atoms with E-state index in [0.717, 1.165) is 161 Å². The fraction of sp³-hybridized carbons (Fsp3) is 0.910. The predicted molar refractivity (Wildman–Crippen MR) is 458 cm³/mol. The average Bonchev–Trinajstić information content (AvgIpc) is 0.894. The SMILES string of the molecule is CC(C)CCCCC(=O)NCCCCC(NC(C)C)C(=O)C(C)C.CC(C)CCCCC(=O)NCCCCC(NC(C)C)C(=O)CC(CCCCNC(C)C)C(=O)C(C)C.CC(C)NCCCCC(CC(=O)C(CCCCNC(C)C)NC(C)C)C(=O)C(C)C.CC(C)NCCC[C@H](NC(C)C)C(=O)C(C)C. The van der Waals surface area contributed by atoms with Gasteiger partial charge in [0.1, 0.15) is 23.1 Å². The van der Waals surface area contributed by atoms with Crippen LogP contribution in [0.2, 0.25) is 0 Å². The van der Waals surface area contributed by atoms with Crippen molar-refractivity contribution in [1.82, 2.24) is 53.2 Å². The Morgan fingerprint density at radius 2 is 0.458 bits per heavy atom. The second-order valence-electron chi connectivity index (χ2n) is 35.5. The van der Waals surface area contributed by atoms with Gasteiger partial charge in [-0.1, -0.05) is 239 Å². The summed E-state index contributed by atoms with van der Waals surface area (Å²) in [5.74, 6) is 2.90. The lowest BCUT2D eigenvalue weighted by Crippen LogP contribution is -2.43. The Labute approximate surface area is 661 Å². The molecule has 18 heteroatoms. The summed E-state index contributed by atoms with van der Waals surface area (Å²) in [6.45, 7) is 63.5. The molecule has 10 N–H and O–H groups in total. The van der Waals surface area contributed by atoms with Crippen molar-refractivity contribution in [1.29, 1.82) is 0 Å². The van der Waals surface area contributed by atoms with E-state index in [1.807, 2.05) is 55.4 Å². The van der Waals surface area contributed by atoms with Crippen LogP contribution in [0.5, 0.6) is 0 Å². The molecule has 0 fully saturated rings. The Bertz CT molecular complexity index is 2210. The molecule has 0 bridgehead atoms. The highest BCUT2D eigenvalue weighted by molar-refractivity contribution is 5.92. The van der Waals surface area contributed by atoms with Gasteiger partial charge < -0.3 is 53.2 Å². The van der Waals surface area contributed by atoms with Crippen molar-refractivity contribution in [2.75, 3.05) is 39.3 Å². The molecule has 0 saturated carbocycles. The molecule has 0 saturated heterocycles. The molecule has 0 spiro atoms. The molecule has 0 aromatic heterocycles.